The number of hydrogen-bond acceptors (Lipinski definition) is 5. The van der Waals surface area contributed by atoms with E-state index in [9.17, 15) is 5.11 Å². The van der Waals surface area contributed by atoms with Gasteiger partial charge in [-0.15, -0.1) is 0 Å². The molecule has 5 nitrogen and oxygen atoms in total. The lowest BCUT2D eigenvalue weighted by molar-refractivity contribution is 0.475. The van der Waals surface area contributed by atoms with Gasteiger partial charge in [-0.25, -0.2) is 9.97 Å². The van der Waals surface area contributed by atoms with E-state index in [4.69, 9.17) is 0 Å². The molecule has 0 unspecified atom stereocenters. The smallest absolute Gasteiger partial charge is 0.159 e. The lowest BCUT2D eigenvalue weighted by Gasteiger charge is -2.05. The standard InChI is InChI=1S/C19H14N4O/c24-16-5-3-15(4-6-16)19-22-12-18-17(23-19)9-14(11-21-18)8-13-2-1-7-20-10-13/h1-7,9-12,24H,8H2. The Bertz CT molecular complexity index is 985. The molecule has 1 aromatic carbocycles. The maximum absolute atomic E-state index is 9.40. The van der Waals surface area contributed by atoms with Gasteiger partial charge in [-0.3, -0.25) is 9.97 Å². The summed E-state index contributed by atoms with van der Waals surface area (Å²) in [6, 6.07) is 12.8. The Kier molecular flexibility index (Phi) is 3.59. The van der Waals surface area contributed by atoms with E-state index in [0.29, 0.717) is 5.82 Å². The van der Waals surface area contributed by atoms with Crippen LogP contribution in [0.1, 0.15) is 11.1 Å². The van der Waals surface area contributed by atoms with Crippen LogP contribution in [0.25, 0.3) is 22.4 Å². The summed E-state index contributed by atoms with van der Waals surface area (Å²) in [6.07, 6.45) is 7.94. The summed E-state index contributed by atoms with van der Waals surface area (Å²) in [5.74, 6) is 0.836. The molecule has 5 heteroatoms. The molecule has 0 saturated carbocycles. The van der Waals surface area contributed by atoms with Crippen LogP contribution in [0.2, 0.25) is 0 Å². The first kappa shape index (κ1) is 14.3. The van der Waals surface area contributed by atoms with E-state index < -0.39 is 0 Å². The molecule has 0 fully saturated rings. The van der Waals surface area contributed by atoms with Crippen molar-refractivity contribution in [1.82, 2.24) is 19.9 Å². The predicted octanol–water partition coefficient (Wildman–Crippen LogP) is 3.38. The Labute approximate surface area is 138 Å². The fourth-order valence-electron chi connectivity index (χ4n) is 2.54. The highest BCUT2D eigenvalue weighted by Gasteiger charge is 2.06. The molecule has 0 aliphatic rings. The Morgan fingerprint density at radius 2 is 1.71 bits per heavy atom. The number of rotatable bonds is 3. The van der Waals surface area contributed by atoms with Gasteiger partial charge in [0.2, 0.25) is 0 Å². The first-order chi connectivity index (χ1) is 11.8. The van der Waals surface area contributed by atoms with Crippen molar-refractivity contribution in [3.63, 3.8) is 0 Å². The molecular formula is C19H14N4O. The second kappa shape index (κ2) is 6.04. The van der Waals surface area contributed by atoms with Crippen LogP contribution in [0.4, 0.5) is 0 Å². The molecule has 116 valence electrons. The molecule has 0 spiro atoms. The van der Waals surface area contributed by atoms with Crippen molar-refractivity contribution in [3.05, 3.63) is 78.4 Å². The number of phenols is 1. The SMILES string of the molecule is Oc1ccc(-c2ncc3ncc(Cc4cccnc4)cc3n2)cc1. The summed E-state index contributed by atoms with van der Waals surface area (Å²) >= 11 is 0. The number of aromatic nitrogens is 4. The van der Waals surface area contributed by atoms with E-state index in [2.05, 4.69) is 19.9 Å². The van der Waals surface area contributed by atoms with Crippen molar-refractivity contribution in [2.45, 2.75) is 6.42 Å². The zero-order valence-electron chi connectivity index (χ0n) is 12.8. The third kappa shape index (κ3) is 2.92. The number of hydrogen-bond donors (Lipinski definition) is 1. The fraction of sp³-hybridized carbons (Fsp3) is 0.0526. The minimum atomic E-state index is 0.222. The Morgan fingerprint density at radius 3 is 2.50 bits per heavy atom. The molecule has 0 aliphatic heterocycles. The van der Waals surface area contributed by atoms with Crippen LogP contribution in [0.15, 0.2) is 67.3 Å². The third-order valence-corrected chi connectivity index (χ3v) is 3.75. The molecule has 1 N–H and O–H groups in total. The van der Waals surface area contributed by atoms with Gasteiger partial charge in [0.15, 0.2) is 5.82 Å². The molecule has 0 amide bonds. The summed E-state index contributed by atoms with van der Waals surface area (Å²) in [7, 11) is 0. The quantitative estimate of drug-likeness (QED) is 0.627. The molecule has 0 radical (unpaired) electrons. The van der Waals surface area contributed by atoms with Crippen LogP contribution in [0.3, 0.4) is 0 Å². The zero-order chi connectivity index (χ0) is 16.4. The first-order valence-electron chi connectivity index (χ1n) is 7.58. The molecule has 0 saturated heterocycles. The van der Waals surface area contributed by atoms with Gasteiger partial charge in [0.05, 0.1) is 11.7 Å². The summed E-state index contributed by atoms with van der Waals surface area (Å²) in [5.41, 5.74) is 4.62. The van der Waals surface area contributed by atoms with E-state index in [0.717, 1.165) is 34.1 Å². The zero-order valence-corrected chi connectivity index (χ0v) is 12.8. The highest BCUT2D eigenvalue weighted by atomic mass is 16.3. The van der Waals surface area contributed by atoms with Crippen LogP contribution >= 0.6 is 0 Å². The third-order valence-electron chi connectivity index (χ3n) is 3.75. The van der Waals surface area contributed by atoms with Crippen molar-refractivity contribution >= 4 is 11.0 Å². The predicted molar refractivity (Wildman–Crippen MR) is 91.5 cm³/mol. The maximum atomic E-state index is 9.40. The second-order valence-corrected chi connectivity index (χ2v) is 5.53. The molecule has 0 atom stereocenters. The van der Waals surface area contributed by atoms with Crippen LogP contribution in [-0.4, -0.2) is 25.0 Å². The molecule has 4 rings (SSSR count). The number of aromatic hydroxyl groups is 1. The van der Waals surface area contributed by atoms with E-state index in [1.807, 2.05) is 30.6 Å². The number of benzene rings is 1. The summed E-state index contributed by atoms with van der Waals surface area (Å²) in [6.45, 7) is 0. The van der Waals surface area contributed by atoms with E-state index in [1.165, 1.54) is 0 Å². The average molecular weight is 314 g/mol. The van der Waals surface area contributed by atoms with Crippen LogP contribution in [0.5, 0.6) is 5.75 Å². The van der Waals surface area contributed by atoms with Crippen LogP contribution in [-0.2, 0) is 6.42 Å². The fourth-order valence-corrected chi connectivity index (χ4v) is 2.54. The molecule has 0 aliphatic carbocycles. The minimum Gasteiger partial charge on any atom is -0.508 e. The Balaban J connectivity index is 1.71. The normalized spacial score (nSPS) is 10.8. The molecular weight excluding hydrogens is 300 g/mol. The van der Waals surface area contributed by atoms with Gasteiger partial charge in [0.1, 0.15) is 11.3 Å². The Hall–Kier alpha value is -3.34. The van der Waals surface area contributed by atoms with Crippen molar-refractivity contribution in [2.24, 2.45) is 0 Å². The van der Waals surface area contributed by atoms with Crippen molar-refractivity contribution < 1.29 is 5.11 Å². The Morgan fingerprint density at radius 1 is 0.833 bits per heavy atom. The second-order valence-electron chi connectivity index (χ2n) is 5.53. The van der Waals surface area contributed by atoms with Gasteiger partial charge in [0, 0.05) is 30.6 Å². The van der Waals surface area contributed by atoms with Gasteiger partial charge in [0.25, 0.3) is 0 Å². The molecule has 0 bridgehead atoms. The summed E-state index contributed by atoms with van der Waals surface area (Å²) in [4.78, 5) is 17.5. The van der Waals surface area contributed by atoms with Gasteiger partial charge in [-0.1, -0.05) is 6.07 Å². The average Bonchev–Trinajstić information content (AvgIpc) is 2.63. The van der Waals surface area contributed by atoms with E-state index >= 15 is 0 Å². The first-order valence-corrected chi connectivity index (χ1v) is 7.58. The molecule has 4 aromatic rings. The minimum absolute atomic E-state index is 0.222. The van der Waals surface area contributed by atoms with Gasteiger partial charge in [-0.05, 0) is 47.5 Å². The van der Waals surface area contributed by atoms with E-state index in [-0.39, 0.29) is 5.75 Å². The molecule has 3 heterocycles. The number of phenolic OH excluding ortho intramolecular Hbond substituents is 1. The summed E-state index contributed by atoms with van der Waals surface area (Å²) < 4.78 is 0. The van der Waals surface area contributed by atoms with Crippen LogP contribution < -0.4 is 0 Å². The van der Waals surface area contributed by atoms with Crippen molar-refractivity contribution in [2.75, 3.05) is 0 Å². The van der Waals surface area contributed by atoms with Crippen molar-refractivity contribution in [3.8, 4) is 17.1 Å². The topological polar surface area (TPSA) is 71.8 Å². The largest absolute Gasteiger partial charge is 0.508 e. The number of fused-ring (bicyclic) bond motifs is 1. The number of nitrogens with zero attached hydrogens (tertiary/aromatic N) is 4. The molecule has 24 heavy (non-hydrogen) atoms. The van der Waals surface area contributed by atoms with Gasteiger partial charge < -0.3 is 5.11 Å². The number of pyridine rings is 2. The molecule has 3 aromatic heterocycles. The maximum Gasteiger partial charge on any atom is 0.159 e. The highest BCUT2D eigenvalue weighted by molar-refractivity contribution is 5.76. The van der Waals surface area contributed by atoms with E-state index in [1.54, 1.807) is 36.7 Å². The summed E-state index contributed by atoms with van der Waals surface area (Å²) in [5, 5.41) is 9.40. The van der Waals surface area contributed by atoms with Crippen molar-refractivity contribution in [1.29, 1.82) is 0 Å². The monoisotopic (exact) mass is 314 g/mol. The lowest BCUT2D eigenvalue weighted by Crippen LogP contribution is -1.95. The van der Waals surface area contributed by atoms with Gasteiger partial charge >= 0.3 is 0 Å². The highest BCUT2D eigenvalue weighted by Crippen LogP contribution is 2.21. The van der Waals surface area contributed by atoms with Crippen LogP contribution in [0, 0.1) is 0 Å². The lowest BCUT2D eigenvalue weighted by atomic mass is 10.1. The van der Waals surface area contributed by atoms with Gasteiger partial charge in [-0.2, -0.15) is 0 Å².